The van der Waals surface area contributed by atoms with Crippen molar-refractivity contribution in [2.24, 2.45) is 5.73 Å². The number of carbonyl (C=O) groups is 1. The van der Waals surface area contributed by atoms with Crippen molar-refractivity contribution in [2.45, 2.75) is 31.5 Å². The van der Waals surface area contributed by atoms with E-state index in [1.54, 1.807) is 0 Å². The smallest absolute Gasteiger partial charge is 0.369 e. The van der Waals surface area contributed by atoms with E-state index in [1.165, 1.54) is 0 Å². The van der Waals surface area contributed by atoms with Gasteiger partial charge >= 0.3 is 6.18 Å². The van der Waals surface area contributed by atoms with Crippen molar-refractivity contribution in [3.63, 3.8) is 0 Å². The van der Waals surface area contributed by atoms with Gasteiger partial charge in [0.15, 0.2) is 0 Å². The van der Waals surface area contributed by atoms with E-state index < -0.39 is 18.6 Å². The number of hydrogen-bond acceptors (Lipinski definition) is 4. The number of halogens is 3. The SMILES string of the molecule is NC(=O)CN1CCCC(c2ncnn2CC(F)(F)F)C1. The maximum absolute atomic E-state index is 12.5. The first-order valence-corrected chi connectivity index (χ1v) is 6.30. The minimum atomic E-state index is -4.33. The van der Waals surface area contributed by atoms with Crippen LogP contribution in [-0.4, -0.2) is 51.4 Å². The Morgan fingerprint density at radius 3 is 2.90 bits per heavy atom. The third-order valence-corrected chi connectivity index (χ3v) is 3.22. The van der Waals surface area contributed by atoms with Crippen molar-refractivity contribution in [2.75, 3.05) is 19.6 Å². The zero-order valence-corrected chi connectivity index (χ0v) is 10.8. The van der Waals surface area contributed by atoms with E-state index in [0.717, 1.165) is 23.9 Å². The largest absolute Gasteiger partial charge is 0.408 e. The van der Waals surface area contributed by atoms with Gasteiger partial charge in [0.25, 0.3) is 0 Å². The Labute approximate surface area is 113 Å². The van der Waals surface area contributed by atoms with E-state index in [4.69, 9.17) is 5.73 Å². The summed E-state index contributed by atoms with van der Waals surface area (Å²) >= 11 is 0. The predicted molar refractivity (Wildman–Crippen MR) is 63.7 cm³/mol. The molecule has 0 spiro atoms. The molecular formula is C11H16F3N5O. The number of amides is 1. The number of hydrogen-bond donors (Lipinski definition) is 1. The molecule has 0 saturated carbocycles. The molecule has 112 valence electrons. The lowest BCUT2D eigenvalue weighted by molar-refractivity contribution is -0.143. The fourth-order valence-corrected chi connectivity index (χ4v) is 2.51. The molecule has 1 saturated heterocycles. The highest BCUT2D eigenvalue weighted by atomic mass is 19.4. The normalized spacial score (nSPS) is 21.1. The monoisotopic (exact) mass is 291 g/mol. The van der Waals surface area contributed by atoms with Gasteiger partial charge in [-0.3, -0.25) is 9.69 Å². The van der Waals surface area contributed by atoms with Gasteiger partial charge in [-0.15, -0.1) is 0 Å². The Morgan fingerprint density at radius 1 is 1.50 bits per heavy atom. The molecule has 1 aliphatic rings. The van der Waals surface area contributed by atoms with Crippen LogP contribution < -0.4 is 5.73 Å². The Kier molecular flexibility index (Phi) is 4.26. The summed E-state index contributed by atoms with van der Waals surface area (Å²) in [5.41, 5.74) is 5.14. The molecule has 9 heteroatoms. The standard InChI is InChI=1S/C11H16F3N5O/c12-11(13,14)6-19-10(16-7-17-19)8-2-1-3-18(4-8)5-9(15)20/h7-8H,1-6H2,(H2,15,20). The van der Waals surface area contributed by atoms with Crippen LogP contribution in [0.25, 0.3) is 0 Å². The summed E-state index contributed by atoms with van der Waals surface area (Å²) in [5, 5.41) is 3.64. The quantitative estimate of drug-likeness (QED) is 0.876. The fourth-order valence-electron chi connectivity index (χ4n) is 2.51. The van der Waals surface area contributed by atoms with Gasteiger partial charge in [0, 0.05) is 12.5 Å². The molecule has 0 aliphatic carbocycles. The van der Waals surface area contributed by atoms with Gasteiger partial charge in [-0.05, 0) is 19.4 Å². The second-order valence-electron chi connectivity index (χ2n) is 4.93. The van der Waals surface area contributed by atoms with Crippen LogP contribution in [-0.2, 0) is 11.3 Å². The summed E-state index contributed by atoms with van der Waals surface area (Å²) in [6, 6.07) is 0. The second kappa shape index (κ2) is 5.78. The molecule has 1 amide bonds. The highest BCUT2D eigenvalue weighted by molar-refractivity contribution is 5.75. The van der Waals surface area contributed by atoms with Gasteiger partial charge in [-0.1, -0.05) is 0 Å². The predicted octanol–water partition coefficient (Wildman–Crippen LogP) is 0.505. The van der Waals surface area contributed by atoms with Crippen LogP contribution in [0.15, 0.2) is 6.33 Å². The van der Waals surface area contributed by atoms with E-state index >= 15 is 0 Å². The first kappa shape index (κ1) is 14.8. The van der Waals surface area contributed by atoms with E-state index in [-0.39, 0.29) is 12.5 Å². The first-order valence-electron chi connectivity index (χ1n) is 6.30. The molecule has 1 unspecified atom stereocenters. The van der Waals surface area contributed by atoms with Crippen molar-refractivity contribution in [3.05, 3.63) is 12.2 Å². The maximum Gasteiger partial charge on any atom is 0.408 e. The molecule has 1 aliphatic heterocycles. The summed E-state index contributed by atoms with van der Waals surface area (Å²) in [7, 11) is 0. The lowest BCUT2D eigenvalue weighted by Gasteiger charge is -2.31. The minimum Gasteiger partial charge on any atom is -0.369 e. The first-order chi connectivity index (χ1) is 9.35. The van der Waals surface area contributed by atoms with Crippen LogP contribution in [0.4, 0.5) is 13.2 Å². The highest BCUT2D eigenvalue weighted by Gasteiger charge is 2.32. The Bertz CT molecular complexity index is 473. The summed E-state index contributed by atoms with van der Waals surface area (Å²) in [5.74, 6) is -0.285. The molecular weight excluding hydrogens is 275 g/mol. The lowest BCUT2D eigenvalue weighted by Crippen LogP contribution is -2.40. The molecule has 1 aromatic heterocycles. The number of aromatic nitrogens is 3. The zero-order chi connectivity index (χ0) is 14.8. The van der Waals surface area contributed by atoms with Crippen molar-refractivity contribution in [1.29, 1.82) is 0 Å². The number of carbonyl (C=O) groups excluding carboxylic acids is 1. The number of nitrogens with zero attached hydrogens (tertiary/aromatic N) is 4. The van der Waals surface area contributed by atoms with Crippen molar-refractivity contribution >= 4 is 5.91 Å². The third kappa shape index (κ3) is 3.92. The Hall–Kier alpha value is -1.64. The van der Waals surface area contributed by atoms with Crippen LogP contribution in [0.2, 0.25) is 0 Å². The molecule has 2 heterocycles. The Balaban J connectivity index is 2.07. The molecule has 0 aromatic carbocycles. The van der Waals surface area contributed by atoms with E-state index in [2.05, 4.69) is 10.1 Å². The van der Waals surface area contributed by atoms with Crippen molar-refractivity contribution in [3.8, 4) is 0 Å². The highest BCUT2D eigenvalue weighted by Crippen LogP contribution is 2.27. The van der Waals surface area contributed by atoms with Crippen LogP contribution >= 0.6 is 0 Å². The topological polar surface area (TPSA) is 77.0 Å². The zero-order valence-electron chi connectivity index (χ0n) is 10.8. The number of alkyl halides is 3. The third-order valence-electron chi connectivity index (χ3n) is 3.22. The van der Waals surface area contributed by atoms with Crippen LogP contribution in [0.5, 0.6) is 0 Å². The summed E-state index contributed by atoms with van der Waals surface area (Å²) in [6.07, 6.45) is -1.68. The number of rotatable bonds is 4. The van der Waals surface area contributed by atoms with E-state index in [9.17, 15) is 18.0 Å². The van der Waals surface area contributed by atoms with E-state index in [1.807, 2.05) is 4.90 Å². The minimum absolute atomic E-state index is 0.115. The average molecular weight is 291 g/mol. The van der Waals surface area contributed by atoms with Gasteiger partial charge in [-0.2, -0.15) is 18.3 Å². The molecule has 2 N–H and O–H groups in total. The summed E-state index contributed by atoms with van der Waals surface area (Å²) < 4.78 is 38.3. The molecule has 1 atom stereocenters. The van der Waals surface area contributed by atoms with Gasteiger partial charge < -0.3 is 5.73 Å². The molecule has 1 aromatic rings. The number of nitrogens with two attached hydrogens (primary N) is 1. The average Bonchev–Trinajstić information content (AvgIpc) is 2.74. The number of piperidine rings is 1. The number of likely N-dealkylation sites (tertiary alicyclic amines) is 1. The van der Waals surface area contributed by atoms with Gasteiger partial charge in [0.1, 0.15) is 18.7 Å². The van der Waals surface area contributed by atoms with Gasteiger partial charge in [-0.25, -0.2) is 9.67 Å². The van der Waals surface area contributed by atoms with Crippen LogP contribution in [0, 0.1) is 0 Å². The second-order valence-corrected chi connectivity index (χ2v) is 4.93. The molecule has 1 fully saturated rings. The van der Waals surface area contributed by atoms with E-state index in [0.29, 0.717) is 18.9 Å². The van der Waals surface area contributed by atoms with Gasteiger partial charge in [0.05, 0.1) is 6.54 Å². The molecule has 0 radical (unpaired) electrons. The maximum atomic E-state index is 12.5. The molecule has 2 rings (SSSR count). The van der Waals surface area contributed by atoms with Crippen molar-refractivity contribution < 1.29 is 18.0 Å². The van der Waals surface area contributed by atoms with Crippen molar-refractivity contribution in [1.82, 2.24) is 19.7 Å². The molecule has 0 bridgehead atoms. The summed E-state index contributed by atoms with van der Waals surface area (Å²) in [4.78, 5) is 16.7. The lowest BCUT2D eigenvalue weighted by atomic mass is 9.97. The molecule has 20 heavy (non-hydrogen) atoms. The fraction of sp³-hybridized carbons (Fsp3) is 0.727. The molecule has 6 nitrogen and oxygen atoms in total. The van der Waals surface area contributed by atoms with Crippen LogP contribution in [0.1, 0.15) is 24.6 Å². The van der Waals surface area contributed by atoms with Gasteiger partial charge in [0.2, 0.25) is 5.91 Å². The number of primary amides is 1. The van der Waals surface area contributed by atoms with Crippen LogP contribution in [0.3, 0.4) is 0 Å². The summed E-state index contributed by atoms with van der Waals surface area (Å²) in [6.45, 7) is 0.158. The Morgan fingerprint density at radius 2 is 2.25 bits per heavy atom.